The third kappa shape index (κ3) is 1.22. The van der Waals surface area contributed by atoms with Gasteiger partial charge in [0.05, 0.1) is 12.2 Å². The number of ether oxygens (including phenoxy) is 1. The maximum atomic E-state index is 7.53. The van der Waals surface area contributed by atoms with Crippen LogP contribution in [0, 0.1) is 0 Å². The highest BCUT2D eigenvalue weighted by Gasteiger charge is 2.18. The van der Waals surface area contributed by atoms with E-state index in [1.54, 1.807) is 0 Å². The van der Waals surface area contributed by atoms with Gasteiger partial charge in [-0.15, -0.1) is 0 Å². The van der Waals surface area contributed by atoms with E-state index in [0.29, 0.717) is 0 Å². The minimum Gasteiger partial charge on any atom is -0.375 e. The lowest BCUT2D eigenvalue weighted by atomic mass is 10.2. The molecule has 0 aliphatic carbocycles. The Morgan fingerprint density at radius 1 is 1.88 bits per heavy atom. The molecule has 0 spiro atoms. The topological polar surface area (TPSA) is 9.23 Å². The van der Waals surface area contributed by atoms with Crippen molar-refractivity contribution < 1.29 is 8.85 Å². The van der Waals surface area contributed by atoms with Crippen molar-refractivity contribution in [2.75, 3.05) is 0 Å². The summed E-state index contributed by atoms with van der Waals surface area (Å²) in [4.78, 5) is 0. The summed E-state index contributed by atoms with van der Waals surface area (Å²) in [5.41, 5.74) is 0. The van der Waals surface area contributed by atoms with E-state index >= 15 is 0 Å². The summed E-state index contributed by atoms with van der Waals surface area (Å²) in [6.45, 7) is 2.06. The molecule has 4 atom stereocenters. The molecule has 0 bridgehead atoms. The SMILES string of the molecule is [3H]CC1OC(CC)C([3H])C1[3H]. The molecule has 0 aromatic heterocycles. The minimum atomic E-state index is -0.516. The van der Waals surface area contributed by atoms with Crippen molar-refractivity contribution >= 4 is 0 Å². The highest BCUT2D eigenvalue weighted by Crippen LogP contribution is 2.20. The molecule has 0 saturated carbocycles. The van der Waals surface area contributed by atoms with Crippen LogP contribution in [0.15, 0.2) is 0 Å². The van der Waals surface area contributed by atoms with Crippen molar-refractivity contribution in [2.45, 2.75) is 45.2 Å². The Kier molecular flexibility index (Phi) is 1.00. The molecule has 1 nitrogen and oxygen atoms in total. The van der Waals surface area contributed by atoms with Gasteiger partial charge >= 0.3 is 0 Å². The summed E-state index contributed by atoms with van der Waals surface area (Å²) in [7, 11) is 0. The van der Waals surface area contributed by atoms with Gasteiger partial charge in [0.15, 0.2) is 0 Å². The fraction of sp³-hybridized carbons (Fsp3) is 1.00. The van der Waals surface area contributed by atoms with E-state index in [-0.39, 0.29) is 19.1 Å². The summed E-state index contributed by atoms with van der Waals surface area (Å²) in [5, 5.41) is 0. The third-order valence-electron chi connectivity index (χ3n) is 1.29. The first-order valence-electron chi connectivity index (χ1n) is 4.86. The summed E-state index contributed by atoms with van der Waals surface area (Å²) in [6.07, 6.45) is -0.636. The molecule has 0 amide bonds. The molecule has 0 aromatic rings. The monoisotopic (exact) mass is 120 g/mol. The van der Waals surface area contributed by atoms with Crippen molar-refractivity contribution in [2.24, 2.45) is 0 Å². The second-order valence-electron chi connectivity index (χ2n) is 2.01. The molecule has 1 rings (SSSR count). The molecule has 1 aliphatic rings. The Bertz CT molecular complexity index is 113. The molecule has 0 radical (unpaired) electrons. The van der Waals surface area contributed by atoms with Crippen LogP contribution in [0.5, 0.6) is 0 Å². The quantitative estimate of drug-likeness (QED) is 0.514. The second kappa shape index (κ2) is 2.49. The van der Waals surface area contributed by atoms with Gasteiger partial charge in [0.2, 0.25) is 0 Å². The average Bonchev–Trinajstić information content (AvgIpc) is 2.30. The smallest absolute Gasteiger partial charge is 0.0577 e. The van der Waals surface area contributed by atoms with Gasteiger partial charge in [-0.05, 0) is 26.1 Å². The van der Waals surface area contributed by atoms with E-state index in [2.05, 4.69) is 0 Å². The summed E-state index contributed by atoms with van der Waals surface area (Å²) in [5.74, 6) is 0. The van der Waals surface area contributed by atoms with Gasteiger partial charge in [0, 0.05) is 4.11 Å². The van der Waals surface area contributed by atoms with Gasteiger partial charge in [0.1, 0.15) is 0 Å². The molecule has 8 heavy (non-hydrogen) atoms. The van der Waals surface area contributed by atoms with E-state index in [1.807, 2.05) is 6.92 Å². The zero-order valence-corrected chi connectivity index (χ0v) is 5.13. The van der Waals surface area contributed by atoms with Gasteiger partial charge in [-0.1, -0.05) is 6.92 Å². The predicted molar refractivity (Wildman–Crippen MR) is 33.9 cm³/mol. The van der Waals surface area contributed by atoms with Crippen LogP contribution in [-0.4, -0.2) is 12.2 Å². The number of rotatable bonds is 1. The lowest BCUT2D eigenvalue weighted by Crippen LogP contribution is -2.05. The van der Waals surface area contributed by atoms with Gasteiger partial charge in [-0.3, -0.25) is 0 Å². The van der Waals surface area contributed by atoms with Gasteiger partial charge in [-0.2, -0.15) is 0 Å². The zero-order chi connectivity index (χ0) is 8.43. The standard InChI is InChI=1S/C7H14O/c1-3-7-5-4-6(2)8-7/h6-7H,3-5H2,1-2H3/i2T,4T,5T. The van der Waals surface area contributed by atoms with Gasteiger partial charge in [-0.25, -0.2) is 0 Å². The van der Waals surface area contributed by atoms with Crippen LogP contribution >= 0.6 is 0 Å². The van der Waals surface area contributed by atoms with E-state index in [1.165, 1.54) is 0 Å². The first-order chi connectivity index (χ1) is 5.20. The van der Waals surface area contributed by atoms with Crippen LogP contribution in [0.3, 0.4) is 0 Å². The molecule has 1 heterocycles. The normalized spacial score (nSPS) is 61.9. The largest absolute Gasteiger partial charge is 0.375 e. The summed E-state index contributed by atoms with van der Waals surface area (Å²) < 4.78 is 27.4. The first-order valence-corrected chi connectivity index (χ1v) is 3.00. The number of hydrogen-bond donors (Lipinski definition) is 0. The maximum absolute atomic E-state index is 7.53. The Hall–Kier alpha value is -0.0400. The maximum Gasteiger partial charge on any atom is 0.0577 e. The zero-order valence-electron chi connectivity index (χ0n) is 8.13. The molecule has 0 aromatic carbocycles. The highest BCUT2D eigenvalue weighted by molar-refractivity contribution is 4.68. The predicted octanol–water partition coefficient (Wildman–Crippen LogP) is 1.96. The van der Waals surface area contributed by atoms with Crippen LogP contribution in [0.4, 0.5) is 0 Å². The Balaban J connectivity index is 2.53. The molecule has 1 fully saturated rings. The molecule has 1 heteroatoms. The fourth-order valence-corrected chi connectivity index (χ4v) is 0.795. The van der Waals surface area contributed by atoms with E-state index in [9.17, 15) is 0 Å². The van der Waals surface area contributed by atoms with Crippen LogP contribution in [-0.2, 0) is 4.74 Å². The lowest BCUT2D eigenvalue weighted by molar-refractivity contribution is 0.0540. The highest BCUT2D eigenvalue weighted by atomic mass is 16.5. The Labute approximate surface area is 55.3 Å². The van der Waals surface area contributed by atoms with Crippen LogP contribution < -0.4 is 0 Å². The summed E-state index contributed by atoms with van der Waals surface area (Å²) >= 11 is 0. The second-order valence-corrected chi connectivity index (χ2v) is 2.01. The average molecular weight is 120 g/mol. The third-order valence-corrected chi connectivity index (χ3v) is 1.29. The van der Waals surface area contributed by atoms with E-state index in [4.69, 9.17) is 8.85 Å². The van der Waals surface area contributed by atoms with Crippen molar-refractivity contribution in [3.8, 4) is 0 Å². The molecule has 0 N–H and O–H groups in total. The molecule has 1 saturated heterocycles. The van der Waals surface area contributed by atoms with Crippen LogP contribution in [0.1, 0.15) is 37.2 Å². The van der Waals surface area contributed by atoms with Gasteiger partial charge in [0.25, 0.3) is 0 Å². The summed E-state index contributed by atoms with van der Waals surface area (Å²) in [6, 6.07) is 0. The van der Waals surface area contributed by atoms with Crippen LogP contribution in [0.25, 0.3) is 0 Å². The van der Waals surface area contributed by atoms with Crippen molar-refractivity contribution in [1.82, 2.24) is 0 Å². The van der Waals surface area contributed by atoms with Gasteiger partial charge < -0.3 is 4.74 Å². The van der Waals surface area contributed by atoms with Crippen LogP contribution in [0.2, 0.25) is 0 Å². The number of hydrogen-bond acceptors (Lipinski definition) is 1. The van der Waals surface area contributed by atoms with Crippen molar-refractivity contribution in [3.05, 3.63) is 0 Å². The van der Waals surface area contributed by atoms with E-state index < -0.39 is 12.8 Å². The van der Waals surface area contributed by atoms with Crippen molar-refractivity contribution in [3.63, 3.8) is 0 Å². The molecule has 1 aliphatic heterocycles. The minimum absolute atomic E-state index is 0.111. The Morgan fingerprint density at radius 2 is 2.75 bits per heavy atom. The first kappa shape index (κ1) is 3.21. The van der Waals surface area contributed by atoms with Crippen molar-refractivity contribution in [1.29, 1.82) is 0 Å². The van der Waals surface area contributed by atoms with E-state index in [0.717, 1.165) is 6.42 Å². The molecular weight excluding hydrogens is 100 g/mol. The fourth-order valence-electron chi connectivity index (χ4n) is 0.795. The lowest BCUT2D eigenvalue weighted by Gasteiger charge is -2.05. The Morgan fingerprint density at radius 3 is 3.12 bits per heavy atom. The molecular formula is C7H14O. The molecule has 48 valence electrons. The molecule has 4 unspecified atom stereocenters.